The molecule has 0 saturated carbocycles. The number of ether oxygens (including phenoxy) is 1. The van der Waals surface area contributed by atoms with Gasteiger partial charge in [-0.2, -0.15) is 0 Å². The quantitative estimate of drug-likeness (QED) is 0.597. The first-order valence-corrected chi connectivity index (χ1v) is 9.08. The number of carbonyl (C=O) groups is 2. The number of carbonyl (C=O) groups excluding carboxylic acids is 2. The molecule has 0 saturated heterocycles. The number of nitrogens with one attached hydrogen (secondary N) is 2. The largest absolute Gasteiger partial charge is 0.494 e. The van der Waals surface area contributed by atoms with Crippen LogP contribution in [0.5, 0.6) is 5.75 Å². The average molecular weight is 397 g/mol. The van der Waals surface area contributed by atoms with E-state index in [-0.39, 0.29) is 24.6 Å². The molecule has 0 aliphatic rings. The number of nitrogens with zero attached hydrogens (tertiary/aromatic N) is 1. The smallest absolute Gasteiger partial charge is 0.269 e. The summed E-state index contributed by atoms with van der Waals surface area (Å²) in [5.74, 6) is 0.375. The fourth-order valence-corrected chi connectivity index (χ4v) is 2.52. The highest BCUT2D eigenvalue weighted by molar-refractivity contribution is 5.95. The van der Waals surface area contributed by atoms with Gasteiger partial charge in [-0.25, -0.2) is 9.37 Å². The predicted molar refractivity (Wildman–Crippen MR) is 103 cm³/mol. The minimum Gasteiger partial charge on any atom is -0.494 e. The first-order chi connectivity index (χ1) is 14.0. The number of rotatable bonds is 7. The van der Waals surface area contributed by atoms with Gasteiger partial charge < -0.3 is 9.15 Å². The lowest BCUT2D eigenvalue weighted by Gasteiger charge is -2.08. The molecule has 1 aromatic heterocycles. The molecule has 0 spiro atoms. The Balaban J connectivity index is 1.45. The SMILES string of the molecule is CCOc1ccc(C(=O)NNC(=O)CCc2ncc(-c3ccc(F)cc3)o2)cc1. The molecule has 3 aromatic rings. The maximum absolute atomic E-state index is 13.0. The summed E-state index contributed by atoms with van der Waals surface area (Å²) in [6.45, 7) is 2.41. The minimum absolute atomic E-state index is 0.0763. The van der Waals surface area contributed by atoms with Crippen LogP contribution in [0.1, 0.15) is 29.6 Å². The number of aromatic nitrogens is 1. The van der Waals surface area contributed by atoms with Gasteiger partial charge >= 0.3 is 0 Å². The molecular weight excluding hydrogens is 377 g/mol. The second kappa shape index (κ2) is 9.50. The van der Waals surface area contributed by atoms with Crippen molar-refractivity contribution in [3.63, 3.8) is 0 Å². The molecule has 3 rings (SSSR count). The van der Waals surface area contributed by atoms with E-state index in [2.05, 4.69) is 15.8 Å². The van der Waals surface area contributed by atoms with Gasteiger partial charge in [-0.3, -0.25) is 20.4 Å². The third kappa shape index (κ3) is 5.65. The summed E-state index contributed by atoms with van der Waals surface area (Å²) in [5.41, 5.74) is 5.80. The second-order valence-corrected chi connectivity index (χ2v) is 6.08. The molecule has 0 unspecified atom stereocenters. The molecule has 0 aliphatic carbocycles. The molecule has 150 valence electrons. The number of hydrogen-bond donors (Lipinski definition) is 2. The number of oxazole rings is 1. The van der Waals surface area contributed by atoms with E-state index < -0.39 is 5.91 Å². The maximum Gasteiger partial charge on any atom is 0.269 e. The van der Waals surface area contributed by atoms with Gasteiger partial charge in [-0.15, -0.1) is 0 Å². The Morgan fingerprint density at radius 1 is 1.07 bits per heavy atom. The normalized spacial score (nSPS) is 10.4. The molecule has 0 fully saturated rings. The standard InChI is InChI=1S/C21H20FN3O4/c1-2-28-17-9-5-15(6-10-17)21(27)25-24-19(26)11-12-20-23-13-18(29-20)14-3-7-16(22)8-4-14/h3-10,13H,2,11-12H2,1H3,(H,24,26)(H,25,27). The van der Waals surface area contributed by atoms with Gasteiger partial charge in [0.25, 0.3) is 5.91 Å². The average Bonchev–Trinajstić information content (AvgIpc) is 3.21. The summed E-state index contributed by atoms with van der Waals surface area (Å²) in [6, 6.07) is 12.4. The molecule has 8 heteroatoms. The number of benzene rings is 2. The fourth-order valence-electron chi connectivity index (χ4n) is 2.52. The van der Waals surface area contributed by atoms with Crippen LogP contribution < -0.4 is 15.6 Å². The molecule has 0 aliphatic heterocycles. The van der Waals surface area contributed by atoms with E-state index in [0.29, 0.717) is 35.1 Å². The van der Waals surface area contributed by atoms with E-state index in [0.717, 1.165) is 0 Å². The van der Waals surface area contributed by atoms with Crippen LogP contribution >= 0.6 is 0 Å². The van der Waals surface area contributed by atoms with Crippen molar-refractivity contribution < 1.29 is 23.1 Å². The molecule has 2 N–H and O–H groups in total. The summed E-state index contributed by atoms with van der Waals surface area (Å²) in [6.07, 6.45) is 1.85. The zero-order chi connectivity index (χ0) is 20.6. The van der Waals surface area contributed by atoms with E-state index in [9.17, 15) is 14.0 Å². The molecule has 0 bridgehead atoms. The fraction of sp³-hybridized carbons (Fsp3) is 0.190. The van der Waals surface area contributed by atoms with Crippen molar-refractivity contribution in [3.8, 4) is 17.1 Å². The topological polar surface area (TPSA) is 93.5 Å². The summed E-state index contributed by atoms with van der Waals surface area (Å²) in [4.78, 5) is 28.1. The highest BCUT2D eigenvalue weighted by Crippen LogP contribution is 2.21. The Hall–Kier alpha value is -3.68. The minimum atomic E-state index is -0.434. The van der Waals surface area contributed by atoms with Crippen molar-refractivity contribution in [1.82, 2.24) is 15.8 Å². The lowest BCUT2D eigenvalue weighted by Crippen LogP contribution is -2.41. The van der Waals surface area contributed by atoms with Gasteiger partial charge in [0, 0.05) is 24.0 Å². The van der Waals surface area contributed by atoms with Gasteiger partial charge in [0.2, 0.25) is 5.91 Å². The van der Waals surface area contributed by atoms with Crippen LogP contribution in [-0.4, -0.2) is 23.4 Å². The zero-order valence-electron chi connectivity index (χ0n) is 15.8. The number of aryl methyl sites for hydroxylation is 1. The van der Waals surface area contributed by atoms with Crippen molar-refractivity contribution in [3.05, 3.63) is 72.0 Å². The molecule has 2 amide bonds. The predicted octanol–water partition coefficient (Wildman–Crippen LogP) is 3.27. The van der Waals surface area contributed by atoms with Crippen LogP contribution in [0.3, 0.4) is 0 Å². The highest BCUT2D eigenvalue weighted by atomic mass is 19.1. The Kier molecular flexibility index (Phi) is 6.57. The molecule has 0 atom stereocenters. The Bertz CT molecular complexity index is 968. The van der Waals surface area contributed by atoms with Crippen LogP contribution in [0, 0.1) is 5.82 Å². The summed E-state index contributed by atoms with van der Waals surface area (Å²) in [5, 5.41) is 0. The monoisotopic (exact) mass is 397 g/mol. The van der Waals surface area contributed by atoms with Crippen LogP contribution in [-0.2, 0) is 11.2 Å². The Morgan fingerprint density at radius 2 is 1.79 bits per heavy atom. The Labute approximate surface area is 166 Å². The van der Waals surface area contributed by atoms with E-state index in [1.807, 2.05) is 6.92 Å². The lowest BCUT2D eigenvalue weighted by atomic mass is 10.2. The first kappa shape index (κ1) is 20.1. The van der Waals surface area contributed by atoms with E-state index in [1.165, 1.54) is 18.3 Å². The van der Waals surface area contributed by atoms with E-state index in [1.54, 1.807) is 36.4 Å². The highest BCUT2D eigenvalue weighted by Gasteiger charge is 2.11. The van der Waals surface area contributed by atoms with Crippen molar-refractivity contribution in [2.24, 2.45) is 0 Å². The molecule has 29 heavy (non-hydrogen) atoms. The summed E-state index contributed by atoms with van der Waals surface area (Å²) < 4.78 is 23.9. The van der Waals surface area contributed by atoms with Gasteiger partial charge in [-0.1, -0.05) is 0 Å². The van der Waals surface area contributed by atoms with Crippen molar-refractivity contribution >= 4 is 11.8 Å². The van der Waals surface area contributed by atoms with E-state index in [4.69, 9.17) is 9.15 Å². The van der Waals surface area contributed by atoms with Crippen LogP contribution in [0.2, 0.25) is 0 Å². The molecule has 2 aromatic carbocycles. The maximum atomic E-state index is 13.0. The molecule has 7 nitrogen and oxygen atoms in total. The van der Waals surface area contributed by atoms with E-state index >= 15 is 0 Å². The van der Waals surface area contributed by atoms with Gasteiger partial charge in [0.05, 0.1) is 12.8 Å². The third-order valence-corrected chi connectivity index (χ3v) is 3.99. The number of halogens is 1. The number of hydrogen-bond acceptors (Lipinski definition) is 5. The summed E-state index contributed by atoms with van der Waals surface area (Å²) >= 11 is 0. The summed E-state index contributed by atoms with van der Waals surface area (Å²) in [7, 11) is 0. The molecular formula is C21H20FN3O4. The van der Waals surface area contributed by atoms with Crippen LogP contribution in [0.25, 0.3) is 11.3 Å². The zero-order valence-corrected chi connectivity index (χ0v) is 15.8. The Morgan fingerprint density at radius 3 is 2.48 bits per heavy atom. The first-order valence-electron chi connectivity index (χ1n) is 9.08. The van der Waals surface area contributed by atoms with Crippen molar-refractivity contribution in [1.29, 1.82) is 0 Å². The number of hydrazine groups is 1. The van der Waals surface area contributed by atoms with Crippen LogP contribution in [0.4, 0.5) is 4.39 Å². The lowest BCUT2D eigenvalue weighted by molar-refractivity contribution is -0.121. The third-order valence-electron chi connectivity index (χ3n) is 3.99. The van der Waals surface area contributed by atoms with Gasteiger partial charge in [0.1, 0.15) is 11.6 Å². The molecule has 0 radical (unpaired) electrons. The second-order valence-electron chi connectivity index (χ2n) is 6.08. The number of amides is 2. The van der Waals surface area contributed by atoms with Gasteiger partial charge in [0.15, 0.2) is 11.7 Å². The van der Waals surface area contributed by atoms with Crippen molar-refractivity contribution in [2.45, 2.75) is 19.8 Å². The molecule has 1 heterocycles. The van der Waals surface area contributed by atoms with Crippen LogP contribution in [0.15, 0.2) is 59.1 Å². The van der Waals surface area contributed by atoms with Crippen molar-refractivity contribution in [2.75, 3.05) is 6.61 Å². The van der Waals surface area contributed by atoms with Gasteiger partial charge in [-0.05, 0) is 55.5 Å².